The fraction of sp³-hybridized carbons (Fsp3) is 0.0625. The molecule has 102 valence electrons. The van der Waals surface area contributed by atoms with E-state index in [9.17, 15) is 4.79 Å². The van der Waals surface area contributed by atoms with Crippen LogP contribution in [0, 0.1) is 0 Å². The maximum absolute atomic E-state index is 11.3. The molecule has 2 rings (SSSR count). The van der Waals surface area contributed by atoms with Gasteiger partial charge in [0.05, 0.1) is 5.56 Å². The lowest BCUT2D eigenvalue weighted by Gasteiger charge is -2.07. The van der Waals surface area contributed by atoms with Gasteiger partial charge >= 0.3 is 0 Å². The van der Waals surface area contributed by atoms with E-state index in [1.165, 1.54) is 6.07 Å². The first-order chi connectivity index (χ1) is 9.66. The van der Waals surface area contributed by atoms with Crippen molar-refractivity contribution in [2.75, 3.05) is 6.61 Å². The lowest BCUT2D eigenvalue weighted by molar-refractivity contribution is 0.0997. The summed E-state index contributed by atoms with van der Waals surface area (Å²) in [6, 6.07) is 14.7. The molecule has 2 aromatic carbocycles. The van der Waals surface area contributed by atoms with E-state index in [1.54, 1.807) is 12.1 Å². The predicted molar refractivity (Wildman–Crippen MR) is 80.9 cm³/mol. The Hall–Kier alpha value is -2.26. The van der Waals surface area contributed by atoms with Crippen molar-refractivity contribution in [1.29, 1.82) is 0 Å². The van der Waals surface area contributed by atoms with Crippen molar-refractivity contribution >= 4 is 23.6 Å². The van der Waals surface area contributed by atoms with Crippen LogP contribution in [0.2, 0.25) is 5.02 Å². The first-order valence-electron chi connectivity index (χ1n) is 6.10. The van der Waals surface area contributed by atoms with Crippen LogP contribution in [0.15, 0.2) is 54.6 Å². The summed E-state index contributed by atoms with van der Waals surface area (Å²) in [6.07, 6.45) is 3.81. The summed E-state index contributed by atoms with van der Waals surface area (Å²) in [5.41, 5.74) is 6.65. The topological polar surface area (TPSA) is 52.3 Å². The first kappa shape index (κ1) is 14.2. The average Bonchev–Trinajstić information content (AvgIpc) is 2.45. The van der Waals surface area contributed by atoms with Crippen LogP contribution in [0.3, 0.4) is 0 Å². The largest absolute Gasteiger partial charge is 0.489 e. The molecule has 0 spiro atoms. The van der Waals surface area contributed by atoms with Crippen molar-refractivity contribution < 1.29 is 9.53 Å². The fourth-order valence-electron chi connectivity index (χ4n) is 1.71. The van der Waals surface area contributed by atoms with Crippen molar-refractivity contribution in [3.8, 4) is 5.75 Å². The van der Waals surface area contributed by atoms with Gasteiger partial charge in [0.15, 0.2) is 0 Å². The predicted octanol–water partition coefficient (Wildman–Crippen LogP) is 3.53. The Morgan fingerprint density at radius 1 is 1.20 bits per heavy atom. The van der Waals surface area contributed by atoms with Gasteiger partial charge in [-0.05, 0) is 29.8 Å². The molecule has 1 amide bonds. The molecule has 3 nitrogen and oxygen atoms in total. The van der Waals surface area contributed by atoms with Gasteiger partial charge in [0, 0.05) is 5.02 Å². The highest BCUT2D eigenvalue weighted by Gasteiger charge is 2.09. The number of carbonyl (C=O) groups is 1. The molecule has 0 radical (unpaired) electrons. The van der Waals surface area contributed by atoms with E-state index in [2.05, 4.69) is 0 Å². The molecular formula is C16H14ClNO2. The van der Waals surface area contributed by atoms with Crippen LogP contribution in [0.5, 0.6) is 5.75 Å². The highest BCUT2D eigenvalue weighted by molar-refractivity contribution is 6.31. The number of benzene rings is 2. The van der Waals surface area contributed by atoms with Crippen LogP contribution in [0.1, 0.15) is 15.9 Å². The van der Waals surface area contributed by atoms with E-state index in [0.717, 1.165) is 5.56 Å². The molecule has 0 aliphatic rings. The van der Waals surface area contributed by atoms with Crippen LogP contribution in [-0.4, -0.2) is 12.5 Å². The molecule has 0 aliphatic carbocycles. The molecule has 0 heterocycles. The summed E-state index contributed by atoms with van der Waals surface area (Å²) in [7, 11) is 0. The maximum Gasteiger partial charge on any atom is 0.252 e. The van der Waals surface area contributed by atoms with Crippen LogP contribution in [0.25, 0.3) is 6.08 Å². The second-order valence-electron chi connectivity index (χ2n) is 4.13. The van der Waals surface area contributed by atoms with Gasteiger partial charge in [-0.2, -0.15) is 0 Å². The SMILES string of the molecule is NC(=O)c1cc(Cl)ccc1OC/C=C\c1ccccc1. The van der Waals surface area contributed by atoms with Gasteiger partial charge in [0.2, 0.25) is 0 Å². The molecule has 2 N–H and O–H groups in total. The molecule has 0 atom stereocenters. The Bertz CT molecular complexity index is 624. The summed E-state index contributed by atoms with van der Waals surface area (Å²) in [5.74, 6) is -0.130. The van der Waals surface area contributed by atoms with Crippen LogP contribution < -0.4 is 10.5 Å². The molecule has 0 fully saturated rings. The summed E-state index contributed by atoms with van der Waals surface area (Å²) >= 11 is 5.82. The monoisotopic (exact) mass is 287 g/mol. The summed E-state index contributed by atoms with van der Waals surface area (Å²) < 4.78 is 5.53. The minimum absolute atomic E-state index is 0.283. The zero-order valence-corrected chi connectivity index (χ0v) is 11.5. The fourth-order valence-corrected chi connectivity index (χ4v) is 1.88. The van der Waals surface area contributed by atoms with E-state index < -0.39 is 5.91 Å². The summed E-state index contributed by atoms with van der Waals surface area (Å²) in [6.45, 7) is 0.344. The molecule has 0 unspecified atom stereocenters. The van der Waals surface area contributed by atoms with Crippen LogP contribution in [-0.2, 0) is 0 Å². The zero-order valence-electron chi connectivity index (χ0n) is 10.8. The van der Waals surface area contributed by atoms with E-state index in [1.807, 2.05) is 42.5 Å². The second kappa shape index (κ2) is 6.78. The smallest absolute Gasteiger partial charge is 0.252 e. The number of nitrogens with two attached hydrogens (primary N) is 1. The molecule has 0 saturated carbocycles. The third-order valence-corrected chi connectivity index (χ3v) is 2.89. The summed E-state index contributed by atoms with van der Waals surface area (Å²) in [5, 5.41) is 0.450. The quantitative estimate of drug-likeness (QED) is 0.914. The van der Waals surface area contributed by atoms with Gasteiger partial charge in [-0.3, -0.25) is 4.79 Å². The van der Waals surface area contributed by atoms with E-state index >= 15 is 0 Å². The number of carbonyl (C=O) groups excluding carboxylic acids is 1. The average molecular weight is 288 g/mol. The third-order valence-electron chi connectivity index (χ3n) is 2.65. The van der Waals surface area contributed by atoms with Crippen molar-refractivity contribution in [3.05, 3.63) is 70.8 Å². The highest BCUT2D eigenvalue weighted by Crippen LogP contribution is 2.22. The lowest BCUT2D eigenvalue weighted by atomic mass is 10.2. The van der Waals surface area contributed by atoms with E-state index in [4.69, 9.17) is 22.1 Å². The normalized spacial score (nSPS) is 10.7. The number of rotatable bonds is 5. The van der Waals surface area contributed by atoms with Gasteiger partial charge in [-0.1, -0.05) is 48.0 Å². The Morgan fingerprint density at radius 2 is 1.95 bits per heavy atom. The standard InChI is InChI=1S/C16H14ClNO2/c17-13-8-9-15(14(11-13)16(18)19)20-10-4-7-12-5-2-1-3-6-12/h1-9,11H,10H2,(H2,18,19)/b7-4-. The van der Waals surface area contributed by atoms with Gasteiger partial charge in [0.25, 0.3) is 5.91 Å². The minimum Gasteiger partial charge on any atom is -0.489 e. The van der Waals surface area contributed by atoms with Crippen molar-refractivity contribution in [1.82, 2.24) is 0 Å². The third kappa shape index (κ3) is 3.87. The molecule has 4 heteroatoms. The number of hydrogen-bond acceptors (Lipinski definition) is 2. The summed E-state index contributed by atoms with van der Waals surface area (Å²) in [4.78, 5) is 11.3. The number of ether oxygens (including phenoxy) is 1. The van der Waals surface area contributed by atoms with Gasteiger partial charge in [0.1, 0.15) is 12.4 Å². The van der Waals surface area contributed by atoms with Crippen LogP contribution in [0.4, 0.5) is 0 Å². The Balaban J connectivity index is 2.01. The van der Waals surface area contributed by atoms with E-state index in [-0.39, 0.29) is 5.56 Å². The second-order valence-corrected chi connectivity index (χ2v) is 4.57. The minimum atomic E-state index is -0.561. The Kier molecular flexibility index (Phi) is 4.80. The van der Waals surface area contributed by atoms with Gasteiger partial charge in [-0.25, -0.2) is 0 Å². The molecule has 0 aliphatic heterocycles. The van der Waals surface area contributed by atoms with E-state index in [0.29, 0.717) is 17.4 Å². The zero-order chi connectivity index (χ0) is 14.4. The highest BCUT2D eigenvalue weighted by atomic mass is 35.5. The van der Waals surface area contributed by atoms with Gasteiger partial charge < -0.3 is 10.5 Å². The molecule has 20 heavy (non-hydrogen) atoms. The number of halogens is 1. The number of amides is 1. The van der Waals surface area contributed by atoms with Crippen molar-refractivity contribution in [2.45, 2.75) is 0 Å². The molecule has 0 bridgehead atoms. The maximum atomic E-state index is 11.3. The Labute approximate surface area is 122 Å². The molecule has 2 aromatic rings. The first-order valence-corrected chi connectivity index (χ1v) is 6.48. The van der Waals surface area contributed by atoms with Crippen molar-refractivity contribution in [2.24, 2.45) is 5.73 Å². The lowest BCUT2D eigenvalue weighted by Crippen LogP contribution is -2.13. The molecular weight excluding hydrogens is 274 g/mol. The number of primary amides is 1. The van der Waals surface area contributed by atoms with Crippen LogP contribution >= 0.6 is 11.6 Å². The number of hydrogen-bond donors (Lipinski definition) is 1. The molecule has 0 aromatic heterocycles. The van der Waals surface area contributed by atoms with Crippen molar-refractivity contribution in [3.63, 3.8) is 0 Å². The van der Waals surface area contributed by atoms with Gasteiger partial charge in [-0.15, -0.1) is 0 Å². The Morgan fingerprint density at radius 3 is 2.65 bits per heavy atom. The molecule has 0 saturated heterocycles.